The second-order valence-electron chi connectivity index (χ2n) is 5.88. The van der Waals surface area contributed by atoms with E-state index >= 15 is 0 Å². The molecule has 1 atom stereocenters. The number of rotatable bonds is 1. The standard InChI is InChI=1S/C14H19BrN2O/c1-14(2,3)12-5-4-8-17(12)13(18)11-7-6-10(15)9-16-11/h6-7,9,12H,4-5,8H2,1-3H3/t12-/m1/s1. The second-order valence-corrected chi connectivity index (χ2v) is 6.80. The molecule has 1 saturated heterocycles. The minimum Gasteiger partial charge on any atom is -0.334 e. The SMILES string of the molecule is CC(C)(C)[C@H]1CCCN1C(=O)c1ccc(Br)cn1. The van der Waals surface area contributed by atoms with E-state index in [1.807, 2.05) is 11.0 Å². The largest absolute Gasteiger partial charge is 0.334 e. The van der Waals surface area contributed by atoms with Crippen molar-refractivity contribution in [1.82, 2.24) is 9.88 Å². The zero-order valence-electron chi connectivity index (χ0n) is 11.1. The van der Waals surface area contributed by atoms with Crippen molar-refractivity contribution < 1.29 is 4.79 Å². The number of amides is 1. The molecule has 1 aliphatic heterocycles. The maximum Gasteiger partial charge on any atom is 0.272 e. The molecule has 1 amide bonds. The van der Waals surface area contributed by atoms with E-state index in [9.17, 15) is 4.79 Å². The first-order valence-electron chi connectivity index (χ1n) is 6.32. The molecule has 0 saturated carbocycles. The summed E-state index contributed by atoms with van der Waals surface area (Å²) in [6.45, 7) is 7.42. The van der Waals surface area contributed by atoms with Gasteiger partial charge in [-0.15, -0.1) is 0 Å². The van der Waals surface area contributed by atoms with Crippen molar-refractivity contribution >= 4 is 21.8 Å². The summed E-state index contributed by atoms with van der Waals surface area (Å²) in [6.07, 6.45) is 3.85. The van der Waals surface area contributed by atoms with Crippen molar-refractivity contribution in [2.45, 2.75) is 39.7 Å². The number of carbonyl (C=O) groups excluding carboxylic acids is 1. The van der Waals surface area contributed by atoms with Crippen LogP contribution in [-0.4, -0.2) is 28.4 Å². The summed E-state index contributed by atoms with van der Waals surface area (Å²) in [5.74, 6) is 0.0555. The lowest BCUT2D eigenvalue weighted by molar-refractivity contribution is 0.0620. The van der Waals surface area contributed by atoms with Gasteiger partial charge in [-0.25, -0.2) is 4.98 Å². The summed E-state index contributed by atoms with van der Waals surface area (Å²) in [6, 6.07) is 3.96. The molecule has 2 rings (SSSR count). The molecule has 0 aromatic carbocycles. The van der Waals surface area contributed by atoms with E-state index in [1.165, 1.54) is 0 Å². The van der Waals surface area contributed by atoms with Gasteiger partial charge in [-0.1, -0.05) is 20.8 Å². The Kier molecular flexibility index (Phi) is 3.76. The van der Waals surface area contributed by atoms with Crippen molar-refractivity contribution in [3.05, 3.63) is 28.5 Å². The molecular weight excluding hydrogens is 292 g/mol. The fourth-order valence-electron chi connectivity index (χ4n) is 2.56. The lowest BCUT2D eigenvalue weighted by Crippen LogP contribution is -2.43. The van der Waals surface area contributed by atoms with Crippen LogP contribution in [0.1, 0.15) is 44.1 Å². The summed E-state index contributed by atoms with van der Waals surface area (Å²) >= 11 is 3.33. The normalized spacial score (nSPS) is 20.2. The highest BCUT2D eigenvalue weighted by atomic mass is 79.9. The Bertz CT molecular complexity index is 436. The van der Waals surface area contributed by atoms with Gasteiger partial charge in [0, 0.05) is 23.3 Å². The van der Waals surface area contributed by atoms with Crippen LogP contribution < -0.4 is 0 Å². The summed E-state index contributed by atoms with van der Waals surface area (Å²) in [5.41, 5.74) is 0.663. The van der Waals surface area contributed by atoms with E-state index in [-0.39, 0.29) is 11.3 Å². The third kappa shape index (κ3) is 2.74. The van der Waals surface area contributed by atoms with Gasteiger partial charge in [0.05, 0.1) is 0 Å². The molecule has 18 heavy (non-hydrogen) atoms. The van der Waals surface area contributed by atoms with Gasteiger partial charge in [-0.05, 0) is 46.3 Å². The molecule has 1 fully saturated rings. The van der Waals surface area contributed by atoms with Gasteiger partial charge < -0.3 is 4.90 Å². The number of hydrogen-bond acceptors (Lipinski definition) is 2. The number of likely N-dealkylation sites (tertiary alicyclic amines) is 1. The molecule has 98 valence electrons. The van der Waals surface area contributed by atoms with Crippen LogP contribution in [0.15, 0.2) is 22.8 Å². The van der Waals surface area contributed by atoms with Crippen molar-refractivity contribution in [3.8, 4) is 0 Å². The van der Waals surface area contributed by atoms with Crippen LogP contribution in [-0.2, 0) is 0 Å². The van der Waals surface area contributed by atoms with E-state index in [0.29, 0.717) is 11.7 Å². The first-order valence-corrected chi connectivity index (χ1v) is 7.11. The van der Waals surface area contributed by atoms with Crippen LogP contribution in [0, 0.1) is 5.41 Å². The molecule has 0 aliphatic carbocycles. The predicted octanol–water partition coefficient (Wildman–Crippen LogP) is 3.49. The Morgan fingerprint density at radius 1 is 1.44 bits per heavy atom. The number of carbonyl (C=O) groups is 1. The Labute approximate surface area is 117 Å². The Morgan fingerprint density at radius 2 is 2.17 bits per heavy atom. The monoisotopic (exact) mass is 310 g/mol. The predicted molar refractivity (Wildman–Crippen MR) is 75.5 cm³/mol. The second kappa shape index (κ2) is 5.00. The molecule has 4 heteroatoms. The van der Waals surface area contributed by atoms with E-state index < -0.39 is 0 Å². The van der Waals surface area contributed by atoms with E-state index in [4.69, 9.17) is 0 Å². The molecule has 2 heterocycles. The molecule has 0 unspecified atom stereocenters. The van der Waals surface area contributed by atoms with Crippen LogP contribution in [0.2, 0.25) is 0 Å². The summed E-state index contributed by atoms with van der Waals surface area (Å²) in [7, 11) is 0. The third-order valence-corrected chi connectivity index (χ3v) is 3.93. The Morgan fingerprint density at radius 3 is 2.72 bits per heavy atom. The molecule has 0 N–H and O–H groups in total. The van der Waals surface area contributed by atoms with Crippen molar-refractivity contribution in [2.24, 2.45) is 5.41 Å². The topological polar surface area (TPSA) is 33.2 Å². The lowest BCUT2D eigenvalue weighted by Gasteiger charge is -2.34. The number of hydrogen-bond donors (Lipinski definition) is 0. The van der Waals surface area contributed by atoms with Gasteiger partial charge in [-0.2, -0.15) is 0 Å². The molecule has 0 spiro atoms. The maximum atomic E-state index is 12.5. The van der Waals surface area contributed by atoms with Crippen molar-refractivity contribution in [3.63, 3.8) is 0 Å². The third-order valence-electron chi connectivity index (χ3n) is 3.46. The quantitative estimate of drug-likeness (QED) is 0.795. The summed E-state index contributed by atoms with van der Waals surface area (Å²) < 4.78 is 0.896. The highest BCUT2D eigenvalue weighted by molar-refractivity contribution is 9.10. The molecule has 0 radical (unpaired) electrons. The zero-order valence-corrected chi connectivity index (χ0v) is 12.7. The number of halogens is 1. The highest BCUT2D eigenvalue weighted by Crippen LogP contribution is 2.33. The average Bonchev–Trinajstić information content (AvgIpc) is 2.77. The fraction of sp³-hybridized carbons (Fsp3) is 0.571. The average molecular weight is 311 g/mol. The first-order chi connectivity index (χ1) is 8.39. The Balaban J connectivity index is 2.20. The van der Waals surface area contributed by atoms with Crippen LogP contribution in [0.5, 0.6) is 0 Å². The fourth-order valence-corrected chi connectivity index (χ4v) is 2.79. The minimum atomic E-state index is 0.0555. The molecular formula is C14H19BrN2O. The van der Waals surface area contributed by atoms with Crippen molar-refractivity contribution in [2.75, 3.05) is 6.54 Å². The first kappa shape index (κ1) is 13.5. The van der Waals surface area contributed by atoms with Gasteiger partial charge >= 0.3 is 0 Å². The van der Waals surface area contributed by atoms with Gasteiger partial charge in [0.2, 0.25) is 0 Å². The lowest BCUT2D eigenvalue weighted by atomic mass is 9.85. The molecule has 3 nitrogen and oxygen atoms in total. The van der Waals surface area contributed by atoms with Gasteiger partial charge in [0.15, 0.2) is 0 Å². The number of nitrogens with zero attached hydrogens (tertiary/aromatic N) is 2. The van der Waals surface area contributed by atoms with E-state index in [1.54, 1.807) is 12.3 Å². The minimum absolute atomic E-state index is 0.0555. The zero-order chi connectivity index (χ0) is 13.3. The smallest absolute Gasteiger partial charge is 0.272 e. The van der Waals surface area contributed by atoms with Gasteiger partial charge in [0.25, 0.3) is 5.91 Å². The number of pyridine rings is 1. The van der Waals surface area contributed by atoms with E-state index in [2.05, 4.69) is 41.7 Å². The summed E-state index contributed by atoms with van der Waals surface area (Å²) in [4.78, 5) is 18.6. The highest BCUT2D eigenvalue weighted by Gasteiger charge is 2.37. The van der Waals surface area contributed by atoms with Crippen LogP contribution >= 0.6 is 15.9 Å². The number of aromatic nitrogens is 1. The maximum absolute atomic E-state index is 12.5. The Hall–Kier alpha value is -0.900. The van der Waals surface area contributed by atoms with Crippen LogP contribution in [0.25, 0.3) is 0 Å². The molecule has 0 bridgehead atoms. The summed E-state index contributed by atoms with van der Waals surface area (Å²) in [5, 5.41) is 0. The van der Waals surface area contributed by atoms with Crippen molar-refractivity contribution in [1.29, 1.82) is 0 Å². The molecule has 1 aromatic rings. The van der Waals surface area contributed by atoms with Gasteiger partial charge in [-0.3, -0.25) is 4.79 Å². The molecule has 1 aromatic heterocycles. The molecule has 1 aliphatic rings. The van der Waals surface area contributed by atoms with Gasteiger partial charge in [0.1, 0.15) is 5.69 Å². The van der Waals surface area contributed by atoms with Crippen LogP contribution in [0.4, 0.5) is 0 Å². The van der Waals surface area contributed by atoms with Crippen LogP contribution in [0.3, 0.4) is 0 Å². The van der Waals surface area contributed by atoms with E-state index in [0.717, 1.165) is 23.9 Å².